The summed E-state index contributed by atoms with van der Waals surface area (Å²) >= 11 is 1.45. The molecule has 1 aliphatic carbocycles. The Morgan fingerprint density at radius 1 is 1.50 bits per heavy atom. The third-order valence-corrected chi connectivity index (χ3v) is 3.81. The summed E-state index contributed by atoms with van der Waals surface area (Å²) in [5, 5.41) is 15.0. The van der Waals surface area contributed by atoms with Crippen molar-refractivity contribution in [2.75, 3.05) is 20.0 Å². The summed E-state index contributed by atoms with van der Waals surface area (Å²) in [5.41, 5.74) is 0. The van der Waals surface area contributed by atoms with Crippen LogP contribution < -0.4 is 5.32 Å². The molecule has 0 bridgehead atoms. The van der Waals surface area contributed by atoms with Gasteiger partial charge < -0.3 is 14.8 Å². The van der Waals surface area contributed by atoms with Crippen LogP contribution in [0.1, 0.15) is 19.3 Å². The minimum Gasteiger partial charge on any atom is -0.354 e. The van der Waals surface area contributed by atoms with Crippen LogP contribution in [-0.4, -0.2) is 58.4 Å². The number of hydrogen-bond acceptors (Lipinski definition) is 7. The van der Waals surface area contributed by atoms with Gasteiger partial charge in [0, 0.05) is 32.4 Å². The van der Waals surface area contributed by atoms with Gasteiger partial charge in [-0.1, -0.05) is 11.8 Å². The SMILES string of the molecule is COC(Cn1nnnc1SCCC(=O)NC1CC1)OC. The largest absolute Gasteiger partial charge is 0.354 e. The molecule has 8 nitrogen and oxygen atoms in total. The van der Waals surface area contributed by atoms with Crippen LogP contribution in [-0.2, 0) is 20.8 Å². The predicted octanol–water partition coefficient (Wildman–Crippen LogP) is 0.0528. The van der Waals surface area contributed by atoms with Gasteiger partial charge in [0.15, 0.2) is 6.29 Å². The van der Waals surface area contributed by atoms with E-state index in [1.54, 1.807) is 18.9 Å². The van der Waals surface area contributed by atoms with Gasteiger partial charge in [0.1, 0.15) is 0 Å². The van der Waals surface area contributed by atoms with E-state index in [4.69, 9.17) is 9.47 Å². The molecule has 1 saturated carbocycles. The van der Waals surface area contributed by atoms with Gasteiger partial charge in [-0.05, 0) is 23.3 Å². The number of rotatable bonds is 9. The van der Waals surface area contributed by atoms with E-state index >= 15 is 0 Å². The molecule has 0 radical (unpaired) electrons. The van der Waals surface area contributed by atoms with E-state index in [0.29, 0.717) is 29.9 Å². The van der Waals surface area contributed by atoms with Crippen LogP contribution in [0.15, 0.2) is 5.16 Å². The Balaban J connectivity index is 1.74. The molecule has 0 aromatic carbocycles. The average Bonchev–Trinajstić information content (AvgIpc) is 3.14. The summed E-state index contributed by atoms with van der Waals surface area (Å²) in [4.78, 5) is 11.6. The number of amides is 1. The maximum Gasteiger partial charge on any atom is 0.221 e. The highest BCUT2D eigenvalue weighted by Gasteiger charge is 2.23. The molecule has 1 aromatic rings. The second kappa shape index (κ2) is 7.55. The molecule has 0 aliphatic heterocycles. The zero-order valence-corrected chi connectivity index (χ0v) is 12.4. The summed E-state index contributed by atoms with van der Waals surface area (Å²) < 4.78 is 11.8. The van der Waals surface area contributed by atoms with Gasteiger partial charge in [0.05, 0.1) is 6.54 Å². The zero-order valence-electron chi connectivity index (χ0n) is 11.6. The van der Waals surface area contributed by atoms with Crippen molar-refractivity contribution < 1.29 is 14.3 Å². The van der Waals surface area contributed by atoms with Crippen LogP contribution in [0.5, 0.6) is 0 Å². The second-order valence-electron chi connectivity index (χ2n) is 4.48. The quantitative estimate of drug-likeness (QED) is 0.509. The molecule has 2 rings (SSSR count). The van der Waals surface area contributed by atoms with Crippen molar-refractivity contribution in [3.05, 3.63) is 0 Å². The van der Waals surface area contributed by atoms with Gasteiger partial charge in [-0.25, -0.2) is 4.68 Å². The Kier molecular flexibility index (Phi) is 5.74. The van der Waals surface area contributed by atoms with Crippen LogP contribution >= 0.6 is 11.8 Å². The number of nitrogens with one attached hydrogen (secondary N) is 1. The number of carbonyl (C=O) groups excluding carboxylic acids is 1. The predicted molar refractivity (Wildman–Crippen MR) is 72.1 cm³/mol. The van der Waals surface area contributed by atoms with Crippen molar-refractivity contribution in [2.45, 2.75) is 43.3 Å². The van der Waals surface area contributed by atoms with E-state index in [9.17, 15) is 4.79 Å². The summed E-state index contributed by atoms with van der Waals surface area (Å²) in [5.74, 6) is 0.731. The highest BCUT2D eigenvalue weighted by atomic mass is 32.2. The maximum absolute atomic E-state index is 11.6. The normalized spacial score (nSPS) is 14.8. The Hall–Kier alpha value is -1.19. The monoisotopic (exact) mass is 301 g/mol. The maximum atomic E-state index is 11.6. The molecule has 1 N–H and O–H groups in total. The van der Waals surface area contributed by atoms with Crippen LogP contribution in [0.25, 0.3) is 0 Å². The number of nitrogens with zero attached hydrogens (tertiary/aromatic N) is 4. The van der Waals surface area contributed by atoms with E-state index in [-0.39, 0.29) is 5.91 Å². The molecule has 1 fully saturated rings. The van der Waals surface area contributed by atoms with Gasteiger partial charge in [-0.2, -0.15) is 0 Å². The van der Waals surface area contributed by atoms with Gasteiger partial charge in [-0.15, -0.1) is 5.10 Å². The van der Waals surface area contributed by atoms with Gasteiger partial charge in [0.2, 0.25) is 11.1 Å². The molecule has 0 saturated heterocycles. The molecular weight excluding hydrogens is 282 g/mol. The third kappa shape index (κ3) is 4.73. The number of methoxy groups -OCH3 is 2. The topological polar surface area (TPSA) is 91.2 Å². The summed E-state index contributed by atoms with van der Waals surface area (Å²) in [6.45, 7) is 0.413. The van der Waals surface area contributed by atoms with E-state index in [2.05, 4.69) is 20.8 Å². The molecule has 112 valence electrons. The van der Waals surface area contributed by atoms with E-state index in [1.807, 2.05) is 0 Å². The lowest BCUT2D eigenvalue weighted by Crippen LogP contribution is -2.25. The van der Waals surface area contributed by atoms with Crippen molar-refractivity contribution in [1.29, 1.82) is 0 Å². The summed E-state index contributed by atoms with van der Waals surface area (Å²) in [6.07, 6.45) is 2.28. The number of tetrazole rings is 1. The molecule has 1 aromatic heterocycles. The lowest BCUT2D eigenvalue weighted by Gasteiger charge is -2.13. The lowest BCUT2D eigenvalue weighted by atomic mass is 10.4. The van der Waals surface area contributed by atoms with Gasteiger partial charge in [0.25, 0.3) is 0 Å². The third-order valence-electron chi connectivity index (χ3n) is 2.85. The molecule has 1 heterocycles. The standard InChI is InChI=1S/C11H19N5O3S/c1-18-10(19-2)7-16-11(13-14-15-16)20-6-5-9(17)12-8-3-4-8/h8,10H,3-7H2,1-2H3,(H,12,17). The molecule has 1 aliphatic rings. The number of aromatic nitrogens is 4. The first-order valence-corrected chi connectivity index (χ1v) is 7.45. The first kappa shape index (κ1) is 15.2. The molecule has 20 heavy (non-hydrogen) atoms. The molecule has 0 spiro atoms. The van der Waals surface area contributed by atoms with E-state index in [0.717, 1.165) is 12.8 Å². The minimum atomic E-state index is -0.393. The Labute approximate surface area is 121 Å². The highest BCUT2D eigenvalue weighted by molar-refractivity contribution is 7.99. The smallest absolute Gasteiger partial charge is 0.221 e. The van der Waals surface area contributed by atoms with Crippen molar-refractivity contribution in [2.24, 2.45) is 0 Å². The summed E-state index contributed by atoms with van der Waals surface area (Å²) in [7, 11) is 3.13. The Morgan fingerprint density at radius 3 is 2.90 bits per heavy atom. The lowest BCUT2D eigenvalue weighted by molar-refractivity contribution is -0.120. The number of hydrogen-bond donors (Lipinski definition) is 1. The van der Waals surface area contributed by atoms with E-state index < -0.39 is 6.29 Å². The zero-order chi connectivity index (χ0) is 14.4. The Morgan fingerprint density at radius 2 is 2.25 bits per heavy atom. The van der Waals surface area contributed by atoms with Gasteiger partial charge in [-0.3, -0.25) is 4.79 Å². The van der Waals surface area contributed by atoms with Crippen molar-refractivity contribution in [3.63, 3.8) is 0 Å². The van der Waals surface area contributed by atoms with Crippen LogP contribution in [0.3, 0.4) is 0 Å². The van der Waals surface area contributed by atoms with Crippen LogP contribution in [0, 0.1) is 0 Å². The fourth-order valence-electron chi connectivity index (χ4n) is 1.56. The first-order valence-electron chi connectivity index (χ1n) is 6.47. The minimum absolute atomic E-state index is 0.0886. The summed E-state index contributed by atoms with van der Waals surface area (Å²) in [6, 6.07) is 0.405. The van der Waals surface area contributed by atoms with Crippen molar-refractivity contribution in [1.82, 2.24) is 25.5 Å². The van der Waals surface area contributed by atoms with Crippen molar-refractivity contribution in [3.8, 4) is 0 Å². The molecule has 9 heteroatoms. The Bertz CT molecular complexity index is 433. The highest BCUT2D eigenvalue weighted by Crippen LogP contribution is 2.19. The van der Waals surface area contributed by atoms with E-state index in [1.165, 1.54) is 11.8 Å². The molecule has 0 unspecified atom stereocenters. The second-order valence-corrected chi connectivity index (χ2v) is 5.55. The van der Waals surface area contributed by atoms with Gasteiger partial charge >= 0.3 is 0 Å². The fraction of sp³-hybridized carbons (Fsp3) is 0.818. The number of carbonyl (C=O) groups is 1. The molecule has 0 atom stereocenters. The number of thioether (sulfide) groups is 1. The average molecular weight is 301 g/mol. The van der Waals surface area contributed by atoms with Crippen LogP contribution in [0.4, 0.5) is 0 Å². The fourth-order valence-corrected chi connectivity index (χ4v) is 2.39. The van der Waals surface area contributed by atoms with Crippen molar-refractivity contribution >= 4 is 17.7 Å². The van der Waals surface area contributed by atoms with Crippen LogP contribution in [0.2, 0.25) is 0 Å². The number of ether oxygens (including phenoxy) is 2. The molecular formula is C11H19N5O3S. The molecule has 1 amide bonds. The first-order chi connectivity index (χ1) is 9.72.